The summed E-state index contributed by atoms with van der Waals surface area (Å²) in [7, 11) is 0. The third-order valence-electron chi connectivity index (χ3n) is 3.40. The summed E-state index contributed by atoms with van der Waals surface area (Å²) in [4.78, 5) is 12.2. The van der Waals surface area contributed by atoms with Crippen LogP contribution in [0.15, 0.2) is 0 Å². The molecule has 7 heteroatoms. The highest BCUT2D eigenvalue weighted by Crippen LogP contribution is 2.42. The minimum Gasteiger partial charge on any atom is -0.395 e. The summed E-state index contributed by atoms with van der Waals surface area (Å²) in [6, 6.07) is 0. The molecule has 0 aromatic carbocycles. The fraction of sp³-hybridized carbons (Fsp3) is 0.417. The molecule has 0 atom stereocenters. The molecule has 0 bridgehead atoms. The summed E-state index contributed by atoms with van der Waals surface area (Å²) in [6.07, 6.45) is 2.21. The molecule has 0 saturated heterocycles. The van der Waals surface area contributed by atoms with E-state index in [2.05, 4.69) is 25.7 Å². The van der Waals surface area contributed by atoms with Crippen molar-refractivity contribution in [2.75, 3.05) is 11.1 Å². The number of nitrogens with two attached hydrogens (primary N) is 1. The Hall–Kier alpha value is -2.31. The van der Waals surface area contributed by atoms with Crippen LogP contribution in [0, 0.1) is 13.8 Å². The number of hydrogen-bond donors (Lipinski definition) is 4. The molecule has 1 fully saturated rings. The van der Waals surface area contributed by atoms with Gasteiger partial charge in [-0.25, -0.2) is 0 Å². The highest BCUT2D eigenvalue weighted by molar-refractivity contribution is 6.07. The van der Waals surface area contributed by atoms with Gasteiger partial charge in [0.2, 0.25) is 0 Å². The van der Waals surface area contributed by atoms with Crippen molar-refractivity contribution in [3.63, 3.8) is 0 Å². The van der Waals surface area contributed by atoms with Crippen molar-refractivity contribution in [2.24, 2.45) is 0 Å². The number of carbonyl (C=O) groups excluding carboxylic acids is 1. The van der Waals surface area contributed by atoms with E-state index < -0.39 is 0 Å². The van der Waals surface area contributed by atoms with Crippen molar-refractivity contribution in [2.45, 2.75) is 32.6 Å². The minimum absolute atomic E-state index is 0.252. The normalized spacial score (nSPS) is 14.6. The van der Waals surface area contributed by atoms with E-state index in [1.165, 1.54) is 0 Å². The Morgan fingerprint density at radius 2 is 2.05 bits per heavy atom. The van der Waals surface area contributed by atoms with Crippen molar-refractivity contribution >= 4 is 17.3 Å². The van der Waals surface area contributed by atoms with E-state index in [-0.39, 0.29) is 11.6 Å². The fourth-order valence-corrected chi connectivity index (χ4v) is 2.13. The van der Waals surface area contributed by atoms with Gasteiger partial charge in [-0.05, 0) is 26.7 Å². The van der Waals surface area contributed by atoms with Gasteiger partial charge in [0.25, 0.3) is 5.91 Å². The van der Waals surface area contributed by atoms with Crippen molar-refractivity contribution in [3.8, 4) is 0 Å². The summed E-state index contributed by atoms with van der Waals surface area (Å²) in [5, 5.41) is 16.5. The molecule has 2 aromatic rings. The monoisotopic (exact) mass is 260 g/mol. The van der Waals surface area contributed by atoms with Crippen LogP contribution in [-0.4, -0.2) is 26.3 Å². The van der Waals surface area contributed by atoms with Crippen LogP contribution in [0.4, 0.5) is 11.4 Å². The van der Waals surface area contributed by atoms with E-state index in [4.69, 9.17) is 5.73 Å². The number of aromatic nitrogens is 4. The Morgan fingerprint density at radius 3 is 2.63 bits per heavy atom. The Kier molecular flexibility index (Phi) is 2.55. The van der Waals surface area contributed by atoms with E-state index in [9.17, 15) is 4.79 Å². The molecule has 100 valence electrons. The van der Waals surface area contributed by atoms with E-state index in [1.54, 1.807) is 0 Å². The summed E-state index contributed by atoms with van der Waals surface area (Å²) in [5.41, 5.74) is 9.79. The first kappa shape index (κ1) is 11.8. The minimum atomic E-state index is -0.312. The second-order valence-corrected chi connectivity index (χ2v) is 4.94. The maximum absolute atomic E-state index is 12.2. The van der Waals surface area contributed by atoms with Gasteiger partial charge in [-0.1, -0.05) is 0 Å². The average molecular weight is 260 g/mol. The van der Waals surface area contributed by atoms with Gasteiger partial charge >= 0.3 is 0 Å². The maximum atomic E-state index is 12.2. The van der Waals surface area contributed by atoms with Gasteiger partial charge in [0.05, 0.1) is 28.5 Å². The highest BCUT2D eigenvalue weighted by atomic mass is 16.2. The first-order valence-electron chi connectivity index (χ1n) is 6.24. The molecule has 7 nitrogen and oxygen atoms in total. The van der Waals surface area contributed by atoms with Crippen LogP contribution < -0.4 is 11.1 Å². The van der Waals surface area contributed by atoms with Gasteiger partial charge in [0.1, 0.15) is 0 Å². The predicted octanol–water partition coefficient (Wildman–Crippen LogP) is 1.46. The molecule has 1 amide bonds. The number of nitrogens with one attached hydrogen (secondary N) is 3. The number of rotatable bonds is 3. The van der Waals surface area contributed by atoms with Crippen molar-refractivity contribution in [3.05, 3.63) is 22.8 Å². The predicted molar refractivity (Wildman–Crippen MR) is 71.0 cm³/mol. The molecule has 19 heavy (non-hydrogen) atoms. The van der Waals surface area contributed by atoms with Gasteiger partial charge in [0, 0.05) is 5.92 Å². The first-order chi connectivity index (χ1) is 9.08. The molecule has 5 N–H and O–H groups in total. The number of nitrogens with zero attached hydrogens (tertiary/aromatic N) is 2. The zero-order valence-corrected chi connectivity index (χ0v) is 10.9. The molecule has 0 aliphatic heterocycles. The molecular formula is C12H16N6O. The number of aromatic amines is 2. The van der Waals surface area contributed by atoms with E-state index in [0.717, 1.165) is 29.9 Å². The topological polar surface area (TPSA) is 112 Å². The van der Waals surface area contributed by atoms with Crippen LogP contribution in [0.25, 0.3) is 0 Å². The lowest BCUT2D eigenvalue weighted by molar-refractivity contribution is 0.102. The zero-order chi connectivity index (χ0) is 13.6. The quantitative estimate of drug-likeness (QED) is 0.669. The lowest BCUT2D eigenvalue weighted by Gasteiger charge is -2.03. The van der Waals surface area contributed by atoms with Crippen molar-refractivity contribution in [1.82, 2.24) is 20.4 Å². The molecule has 1 saturated carbocycles. The van der Waals surface area contributed by atoms with Gasteiger partial charge in [0.15, 0.2) is 5.69 Å². The smallest absolute Gasteiger partial charge is 0.278 e. The van der Waals surface area contributed by atoms with Gasteiger partial charge in [-0.3, -0.25) is 15.0 Å². The van der Waals surface area contributed by atoms with Crippen LogP contribution in [0.1, 0.15) is 46.3 Å². The second-order valence-electron chi connectivity index (χ2n) is 4.94. The molecule has 1 aliphatic rings. The number of anilines is 2. The lowest BCUT2D eigenvalue weighted by Crippen LogP contribution is -2.15. The third kappa shape index (κ3) is 1.96. The average Bonchev–Trinajstić information content (AvgIpc) is 3.08. The molecular weight excluding hydrogens is 244 g/mol. The van der Waals surface area contributed by atoms with Crippen LogP contribution >= 0.6 is 0 Å². The van der Waals surface area contributed by atoms with Gasteiger partial charge in [-0.2, -0.15) is 10.2 Å². The highest BCUT2D eigenvalue weighted by Gasteiger charge is 2.30. The third-order valence-corrected chi connectivity index (χ3v) is 3.40. The Balaban J connectivity index is 1.84. The second kappa shape index (κ2) is 4.11. The van der Waals surface area contributed by atoms with Crippen molar-refractivity contribution < 1.29 is 4.79 Å². The summed E-state index contributed by atoms with van der Waals surface area (Å²) >= 11 is 0. The van der Waals surface area contributed by atoms with E-state index in [1.807, 2.05) is 13.8 Å². The van der Waals surface area contributed by atoms with Gasteiger partial charge in [-0.15, -0.1) is 0 Å². The fourth-order valence-electron chi connectivity index (χ4n) is 2.13. The molecule has 3 rings (SSSR count). The molecule has 1 aliphatic carbocycles. The molecule has 0 radical (unpaired) electrons. The number of aryl methyl sites for hydroxylation is 2. The van der Waals surface area contributed by atoms with E-state index >= 15 is 0 Å². The number of hydrogen-bond acceptors (Lipinski definition) is 4. The standard InChI is InChI=1S/C12H16N6O/c1-5-9(6(2)16-15-5)14-12(19)11-8(13)10(17-18-11)7-3-4-7/h7H,3-4,13H2,1-2H3,(H,14,19)(H,15,16)(H,17,18). The Bertz CT molecular complexity index is 617. The van der Waals surface area contributed by atoms with Crippen LogP contribution in [0.2, 0.25) is 0 Å². The van der Waals surface area contributed by atoms with Crippen LogP contribution in [-0.2, 0) is 0 Å². The molecule has 0 spiro atoms. The summed E-state index contributed by atoms with van der Waals surface area (Å²) in [6.45, 7) is 3.67. The van der Waals surface area contributed by atoms with Crippen molar-refractivity contribution in [1.29, 1.82) is 0 Å². The van der Waals surface area contributed by atoms with E-state index in [0.29, 0.717) is 17.3 Å². The largest absolute Gasteiger partial charge is 0.395 e. The van der Waals surface area contributed by atoms with Crippen LogP contribution in [0.5, 0.6) is 0 Å². The zero-order valence-electron chi connectivity index (χ0n) is 10.9. The number of amides is 1. The lowest BCUT2D eigenvalue weighted by atomic mass is 10.2. The number of H-pyrrole nitrogens is 2. The maximum Gasteiger partial charge on any atom is 0.278 e. The van der Waals surface area contributed by atoms with Gasteiger partial charge < -0.3 is 11.1 Å². The SMILES string of the molecule is Cc1n[nH]c(C)c1NC(=O)c1n[nH]c(C2CC2)c1N. The molecule has 0 unspecified atom stereocenters. The Labute approximate surface area is 110 Å². The molecule has 2 heterocycles. The molecule has 2 aromatic heterocycles. The number of nitrogen functional groups attached to an aromatic ring is 1. The van der Waals surface area contributed by atoms with Crippen LogP contribution in [0.3, 0.4) is 0 Å². The first-order valence-corrected chi connectivity index (χ1v) is 6.24. The summed E-state index contributed by atoms with van der Waals surface area (Å²) < 4.78 is 0. The number of carbonyl (C=O) groups is 1. The Morgan fingerprint density at radius 1 is 1.32 bits per heavy atom. The summed E-state index contributed by atoms with van der Waals surface area (Å²) in [5.74, 6) is 0.125.